The summed E-state index contributed by atoms with van der Waals surface area (Å²) in [5.74, 6) is 0. The summed E-state index contributed by atoms with van der Waals surface area (Å²) < 4.78 is 24.5. The quantitative estimate of drug-likeness (QED) is 0.402. The third-order valence-electron chi connectivity index (χ3n) is 2.54. The van der Waals surface area contributed by atoms with Crippen molar-refractivity contribution >= 4 is 53.4 Å². The van der Waals surface area contributed by atoms with Crippen molar-refractivity contribution in [1.29, 1.82) is 0 Å². The van der Waals surface area contributed by atoms with Crippen LogP contribution in [-0.2, 0) is 26.8 Å². The summed E-state index contributed by atoms with van der Waals surface area (Å²) in [6, 6.07) is 15.8. The van der Waals surface area contributed by atoms with Crippen LogP contribution in [-0.4, -0.2) is 0 Å². The lowest BCUT2D eigenvalue weighted by Gasteiger charge is -2.06. The van der Waals surface area contributed by atoms with Crippen LogP contribution in [0, 0.1) is 7.14 Å². The van der Waals surface area contributed by atoms with Gasteiger partial charge < -0.3 is 9.05 Å². The molecule has 2 rings (SSSR count). The topological polar surface area (TPSA) is 35.5 Å². The Labute approximate surface area is 146 Å². The Kier molecular flexibility index (Phi) is 6.96. The number of hydrogen-bond acceptors (Lipinski definition) is 3. The van der Waals surface area contributed by atoms with Crippen LogP contribution in [0.25, 0.3) is 0 Å². The fraction of sp³-hybridized carbons (Fsp3) is 0.143. The molecule has 0 aliphatic rings. The molecule has 2 aromatic carbocycles. The Morgan fingerprint density at radius 2 is 1.10 bits per heavy atom. The van der Waals surface area contributed by atoms with E-state index in [1.807, 2.05) is 48.5 Å². The second-order valence-electron chi connectivity index (χ2n) is 4.08. The SMILES string of the molecule is O=[PH](OCc1ccc(I)cc1)OCc1ccc(I)cc1. The molecule has 0 aliphatic carbocycles. The zero-order valence-corrected chi connectivity index (χ0v) is 15.8. The van der Waals surface area contributed by atoms with E-state index in [0.29, 0.717) is 13.2 Å². The fourth-order valence-corrected chi connectivity index (χ4v) is 2.86. The predicted octanol–water partition coefficient (Wildman–Crippen LogP) is 5.02. The van der Waals surface area contributed by atoms with E-state index in [4.69, 9.17) is 9.05 Å². The average Bonchev–Trinajstić information content (AvgIpc) is 2.46. The van der Waals surface area contributed by atoms with Crippen molar-refractivity contribution in [2.24, 2.45) is 0 Å². The Morgan fingerprint density at radius 3 is 1.45 bits per heavy atom. The van der Waals surface area contributed by atoms with Crippen LogP contribution < -0.4 is 0 Å². The van der Waals surface area contributed by atoms with Gasteiger partial charge in [-0.15, -0.1) is 0 Å². The van der Waals surface area contributed by atoms with Crippen molar-refractivity contribution in [3.05, 3.63) is 66.8 Å². The Balaban J connectivity index is 1.75. The van der Waals surface area contributed by atoms with Gasteiger partial charge in [0.2, 0.25) is 0 Å². The monoisotopic (exact) mass is 514 g/mol. The molecule has 0 fully saturated rings. The first-order valence-electron chi connectivity index (χ1n) is 5.92. The van der Waals surface area contributed by atoms with Crippen LogP contribution in [0.3, 0.4) is 0 Å². The van der Waals surface area contributed by atoms with Gasteiger partial charge in [-0.2, -0.15) is 0 Å². The van der Waals surface area contributed by atoms with E-state index in [1.54, 1.807) is 0 Å². The van der Waals surface area contributed by atoms with Crippen molar-refractivity contribution in [1.82, 2.24) is 0 Å². The first-order chi connectivity index (χ1) is 9.63. The highest BCUT2D eigenvalue weighted by Crippen LogP contribution is 2.27. The predicted molar refractivity (Wildman–Crippen MR) is 96.9 cm³/mol. The van der Waals surface area contributed by atoms with Gasteiger partial charge in [0.25, 0.3) is 0 Å². The Hall–Kier alpha value is 0.0500. The molecule has 106 valence electrons. The summed E-state index contributed by atoms with van der Waals surface area (Å²) in [5, 5.41) is 0. The minimum Gasteiger partial charge on any atom is -0.306 e. The van der Waals surface area contributed by atoms with Crippen LogP contribution in [0.1, 0.15) is 11.1 Å². The second kappa shape index (κ2) is 8.48. The fourth-order valence-electron chi connectivity index (χ4n) is 1.49. The molecule has 20 heavy (non-hydrogen) atoms. The number of rotatable bonds is 6. The smallest absolute Gasteiger partial charge is 0.306 e. The summed E-state index contributed by atoms with van der Waals surface area (Å²) >= 11 is 4.48. The highest BCUT2D eigenvalue weighted by atomic mass is 127. The largest absolute Gasteiger partial charge is 0.319 e. The van der Waals surface area contributed by atoms with E-state index in [2.05, 4.69) is 45.2 Å². The second-order valence-corrected chi connectivity index (χ2v) is 7.65. The van der Waals surface area contributed by atoms with Crippen molar-refractivity contribution in [2.75, 3.05) is 0 Å². The summed E-state index contributed by atoms with van der Waals surface area (Å²) in [5.41, 5.74) is 1.98. The third kappa shape index (κ3) is 5.81. The maximum absolute atomic E-state index is 11.7. The van der Waals surface area contributed by atoms with Gasteiger partial charge in [-0.3, -0.25) is 4.57 Å². The Morgan fingerprint density at radius 1 is 0.750 bits per heavy atom. The first kappa shape index (κ1) is 16.4. The molecule has 0 aromatic heterocycles. The van der Waals surface area contributed by atoms with Crippen LogP contribution in [0.15, 0.2) is 48.5 Å². The molecule has 0 unspecified atom stereocenters. The van der Waals surface area contributed by atoms with Gasteiger partial charge in [-0.25, -0.2) is 0 Å². The molecule has 0 saturated carbocycles. The van der Waals surface area contributed by atoms with Crippen LogP contribution in [0.5, 0.6) is 0 Å². The van der Waals surface area contributed by atoms with Gasteiger partial charge in [-0.1, -0.05) is 24.3 Å². The zero-order chi connectivity index (χ0) is 14.4. The molecule has 3 nitrogen and oxygen atoms in total. The lowest BCUT2D eigenvalue weighted by atomic mass is 10.2. The summed E-state index contributed by atoms with van der Waals surface area (Å²) in [4.78, 5) is 0. The molecular weight excluding hydrogens is 501 g/mol. The van der Waals surface area contributed by atoms with Gasteiger partial charge in [-0.05, 0) is 80.6 Å². The first-order valence-corrected chi connectivity index (χ1v) is 9.30. The average molecular weight is 514 g/mol. The lowest BCUT2D eigenvalue weighted by Crippen LogP contribution is -1.90. The van der Waals surface area contributed by atoms with E-state index in [1.165, 1.54) is 0 Å². The molecule has 0 radical (unpaired) electrons. The lowest BCUT2D eigenvalue weighted by molar-refractivity contribution is 0.213. The van der Waals surface area contributed by atoms with Crippen molar-refractivity contribution in [3.63, 3.8) is 0 Å². The van der Waals surface area contributed by atoms with Crippen molar-refractivity contribution in [2.45, 2.75) is 13.2 Å². The standard InChI is InChI=1S/C14H13I2O3P/c15-13-5-1-11(2-6-13)9-18-20(17)19-10-12-3-7-14(16)8-4-12/h1-8,20H,9-10H2. The summed E-state index contributed by atoms with van der Waals surface area (Å²) in [6.45, 7) is 0.614. The molecule has 0 bridgehead atoms. The normalized spacial score (nSPS) is 10.9. The molecule has 0 aliphatic heterocycles. The van der Waals surface area contributed by atoms with E-state index in [-0.39, 0.29) is 0 Å². The van der Waals surface area contributed by atoms with Gasteiger partial charge in [0.15, 0.2) is 0 Å². The molecule has 0 N–H and O–H groups in total. The highest BCUT2D eigenvalue weighted by molar-refractivity contribution is 14.1. The minimum atomic E-state index is -2.46. The molecule has 0 atom stereocenters. The van der Waals surface area contributed by atoms with E-state index in [9.17, 15) is 4.57 Å². The minimum absolute atomic E-state index is 0.307. The molecule has 0 saturated heterocycles. The highest BCUT2D eigenvalue weighted by Gasteiger charge is 2.02. The molecule has 0 heterocycles. The van der Waals surface area contributed by atoms with Gasteiger partial charge in [0, 0.05) is 7.14 Å². The molecular formula is C14H13I2O3P. The van der Waals surface area contributed by atoms with Gasteiger partial charge >= 0.3 is 8.25 Å². The maximum Gasteiger partial charge on any atom is 0.319 e. The summed E-state index contributed by atoms with van der Waals surface area (Å²) in [6.07, 6.45) is 0. The van der Waals surface area contributed by atoms with Crippen LogP contribution >= 0.6 is 53.4 Å². The van der Waals surface area contributed by atoms with E-state index >= 15 is 0 Å². The molecule has 2 aromatic rings. The number of halogens is 2. The zero-order valence-electron chi connectivity index (χ0n) is 10.5. The van der Waals surface area contributed by atoms with Crippen molar-refractivity contribution in [3.8, 4) is 0 Å². The molecule has 0 spiro atoms. The van der Waals surface area contributed by atoms with E-state index < -0.39 is 8.25 Å². The summed E-state index contributed by atoms with van der Waals surface area (Å²) in [7, 11) is -2.46. The molecule has 0 amide bonds. The maximum atomic E-state index is 11.7. The number of hydrogen-bond donors (Lipinski definition) is 0. The number of benzene rings is 2. The van der Waals surface area contributed by atoms with Gasteiger partial charge in [0.05, 0.1) is 13.2 Å². The van der Waals surface area contributed by atoms with Crippen LogP contribution in [0.4, 0.5) is 0 Å². The van der Waals surface area contributed by atoms with Crippen molar-refractivity contribution < 1.29 is 13.6 Å². The Bertz CT molecular complexity index is 518. The van der Waals surface area contributed by atoms with Gasteiger partial charge in [0.1, 0.15) is 0 Å². The molecule has 6 heteroatoms. The van der Waals surface area contributed by atoms with E-state index in [0.717, 1.165) is 18.3 Å². The van der Waals surface area contributed by atoms with Crippen LogP contribution in [0.2, 0.25) is 0 Å². The third-order valence-corrected chi connectivity index (χ3v) is 4.74.